The summed E-state index contributed by atoms with van der Waals surface area (Å²) in [5, 5.41) is 0. The first kappa shape index (κ1) is 16.0. The Morgan fingerprint density at radius 2 is 1.14 bits per heavy atom. The Hall–Kier alpha value is 2.06. The molecule has 0 aromatic rings. The van der Waals surface area contributed by atoms with Gasteiger partial charge in [0.05, 0.1) is 0 Å². The summed E-state index contributed by atoms with van der Waals surface area (Å²) in [5.74, 6) is 0. The largest absolute Gasteiger partial charge is 2.00 e. The Labute approximate surface area is 94.5 Å². The van der Waals surface area contributed by atoms with Gasteiger partial charge < -0.3 is 9.11 Å². The van der Waals surface area contributed by atoms with Crippen molar-refractivity contribution in [2.24, 2.45) is 0 Å². The molecular formula is H2BaO4SZn. The van der Waals surface area contributed by atoms with Crippen LogP contribution in [0.2, 0.25) is 0 Å². The third-order valence-electron chi connectivity index (χ3n) is 0. The molecule has 0 atom stereocenters. The van der Waals surface area contributed by atoms with Crippen LogP contribution >= 0.6 is 0 Å². The van der Waals surface area contributed by atoms with E-state index in [0.29, 0.717) is 0 Å². The van der Waals surface area contributed by atoms with Crippen LogP contribution in [0.15, 0.2) is 0 Å². The van der Waals surface area contributed by atoms with Gasteiger partial charge in [0.1, 0.15) is 0 Å². The van der Waals surface area contributed by atoms with E-state index in [1.165, 1.54) is 0 Å². The molecule has 36 valence electrons. The molecule has 0 fully saturated rings. The molecule has 0 aliphatic rings. The first-order chi connectivity index (χ1) is 2.00. The molecule has 0 heterocycles. The van der Waals surface area contributed by atoms with Gasteiger partial charge in [0.25, 0.3) is 0 Å². The molecule has 0 bridgehead atoms. The maximum Gasteiger partial charge on any atom is 2.00 e. The summed E-state index contributed by atoms with van der Waals surface area (Å²) in [4.78, 5) is 0. The second-order valence-electron chi connectivity index (χ2n) is 0.408. The molecule has 0 saturated carbocycles. The van der Waals surface area contributed by atoms with E-state index in [0.717, 1.165) is 0 Å². The van der Waals surface area contributed by atoms with Crippen LogP contribution in [0.3, 0.4) is 0 Å². The van der Waals surface area contributed by atoms with Crippen molar-refractivity contribution in [3.05, 3.63) is 0 Å². The third kappa shape index (κ3) is 69.6. The molecule has 0 rings (SSSR count). The van der Waals surface area contributed by atoms with Crippen LogP contribution in [-0.2, 0) is 29.9 Å². The van der Waals surface area contributed by atoms with Gasteiger partial charge >= 0.3 is 68.4 Å². The van der Waals surface area contributed by atoms with Crippen LogP contribution in [0.5, 0.6) is 0 Å². The SMILES string of the molecule is O=S(=O)([O-])[O-].[BaH2].[Zn+2]. The van der Waals surface area contributed by atoms with Crippen molar-refractivity contribution in [1.29, 1.82) is 0 Å². The molecule has 0 radical (unpaired) electrons. The number of hydrogen-bond donors (Lipinski definition) is 0. The Morgan fingerprint density at radius 1 is 1.14 bits per heavy atom. The summed E-state index contributed by atoms with van der Waals surface area (Å²) in [7, 11) is -5.17. The number of rotatable bonds is 0. The van der Waals surface area contributed by atoms with Crippen LogP contribution in [0.1, 0.15) is 0 Å². The second kappa shape index (κ2) is 6.19. The Morgan fingerprint density at radius 3 is 1.14 bits per heavy atom. The van der Waals surface area contributed by atoms with Gasteiger partial charge in [0, 0.05) is 10.4 Å². The van der Waals surface area contributed by atoms with Crippen LogP contribution in [-0.4, -0.2) is 66.4 Å². The monoisotopic (exact) mass is 300 g/mol. The molecule has 7 heavy (non-hydrogen) atoms. The fraction of sp³-hybridized carbons (Fsp3) is 0. The van der Waals surface area contributed by atoms with E-state index >= 15 is 0 Å². The molecule has 4 nitrogen and oxygen atoms in total. The van der Waals surface area contributed by atoms with Crippen molar-refractivity contribution in [1.82, 2.24) is 0 Å². The smallest absolute Gasteiger partial charge is 2.00 e. The first-order valence-electron chi connectivity index (χ1n) is 0.667. The normalized spacial score (nSPS) is 8.29. The number of hydrogen-bond acceptors (Lipinski definition) is 4. The minimum absolute atomic E-state index is 0. The van der Waals surface area contributed by atoms with Crippen molar-refractivity contribution in [3.63, 3.8) is 0 Å². The van der Waals surface area contributed by atoms with E-state index in [1.54, 1.807) is 0 Å². The van der Waals surface area contributed by atoms with Gasteiger partial charge in [-0.25, -0.2) is 0 Å². The van der Waals surface area contributed by atoms with E-state index < -0.39 is 10.4 Å². The molecule has 0 spiro atoms. The average molecular weight is 301 g/mol. The summed E-state index contributed by atoms with van der Waals surface area (Å²) < 4.78 is 34.1. The zero-order chi connectivity index (χ0) is 4.50. The zero-order valence-electron chi connectivity index (χ0n) is 2.75. The molecule has 0 aliphatic carbocycles. The summed E-state index contributed by atoms with van der Waals surface area (Å²) >= 11 is 0. The molecule has 0 aromatic carbocycles. The van der Waals surface area contributed by atoms with Gasteiger partial charge in [-0.15, -0.1) is 0 Å². The summed E-state index contributed by atoms with van der Waals surface area (Å²) in [6.07, 6.45) is 0. The van der Waals surface area contributed by atoms with Gasteiger partial charge in [-0.2, -0.15) is 0 Å². The van der Waals surface area contributed by atoms with E-state index in [1.807, 2.05) is 0 Å². The second-order valence-corrected chi connectivity index (χ2v) is 1.22. The maximum absolute atomic E-state index is 8.52. The average Bonchev–Trinajstić information content (AvgIpc) is 0.722. The van der Waals surface area contributed by atoms with Crippen molar-refractivity contribution in [2.45, 2.75) is 0 Å². The van der Waals surface area contributed by atoms with Crippen LogP contribution in [0.25, 0.3) is 0 Å². The van der Waals surface area contributed by atoms with E-state index in [9.17, 15) is 0 Å². The predicted octanol–water partition coefficient (Wildman–Crippen LogP) is -2.26. The molecule has 0 aliphatic heterocycles. The van der Waals surface area contributed by atoms with Crippen molar-refractivity contribution in [2.75, 3.05) is 0 Å². The Bertz CT molecular complexity index is 94.9. The first-order valence-corrected chi connectivity index (χ1v) is 2.00. The maximum atomic E-state index is 8.52. The standard InChI is InChI=1S/Ba.H2O4S.Zn.2H/c;1-5(2,3)4;;;/h;(H2,1,2,3,4);;;/q;;+2;;/p-2. The van der Waals surface area contributed by atoms with E-state index in [-0.39, 0.29) is 68.4 Å². The van der Waals surface area contributed by atoms with Crippen molar-refractivity contribution in [3.8, 4) is 0 Å². The summed E-state index contributed by atoms with van der Waals surface area (Å²) in [5.41, 5.74) is 0. The third-order valence-corrected chi connectivity index (χ3v) is 0. The minimum atomic E-state index is -5.17. The van der Waals surface area contributed by atoms with Crippen molar-refractivity contribution < 1.29 is 37.0 Å². The summed E-state index contributed by atoms with van der Waals surface area (Å²) in [6, 6.07) is 0. The van der Waals surface area contributed by atoms with Gasteiger partial charge in [-0.05, 0) is 0 Å². The minimum Gasteiger partial charge on any atom is 2.00 e. The van der Waals surface area contributed by atoms with Crippen LogP contribution in [0, 0.1) is 0 Å². The molecule has 0 amide bonds. The van der Waals surface area contributed by atoms with Gasteiger partial charge in [0.15, 0.2) is 0 Å². The van der Waals surface area contributed by atoms with Gasteiger partial charge in [-0.1, -0.05) is 0 Å². The molecule has 0 unspecified atom stereocenters. The fourth-order valence-corrected chi connectivity index (χ4v) is 0. The molecular weight excluding hydrogens is 299 g/mol. The quantitative estimate of drug-likeness (QED) is 0.287. The molecule has 0 aromatic heterocycles. The topological polar surface area (TPSA) is 80.3 Å². The predicted molar refractivity (Wildman–Crippen MR) is 19.0 cm³/mol. The molecule has 0 saturated heterocycles. The van der Waals surface area contributed by atoms with Gasteiger partial charge in [-0.3, -0.25) is 8.42 Å². The Balaban J connectivity index is -0.0000000800. The van der Waals surface area contributed by atoms with Crippen molar-refractivity contribution >= 4 is 59.3 Å². The Kier molecular flexibility index (Phi) is 14.2. The zero-order valence-corrected chi connectivity index (χ0v) is 6.53. The molecule has 0 N–H and O–H groups in total. The fourth-order valence-electron chi connectivity index (χ4n) is 0. The van der Waals surface area contributed by atoms with Crippen LogP contribution < -0.4 is 0 Å². The summed E-state index contributed by atoms with van der Waals surface area (Å²) in [6.45, 7) is 0. The molecule has 7 heteroatoms. The van der Waals surface area contributed by atoms with Gasteiger partial charge in [0.2, 0.25) is 0 Å². The van der Waals surface area contributed by atoms with E-state index in [2.05, 4.69) is 0 Å². The van der Waals surface area contributed by atoms with E-state index in [4.69, 9.17) is 17.5 Å². The van der Waals surface area contributed by atoms with Crippen LogP contribution in [0.4, 0.5) is 0 Å².